The smallest absolute Gasteiger partial charge is 0.410 e. The van der Waals surface area contributed by atoms with Gasteiger partial charge in [0.05, 0.1) is 10.2 Å². The first-order valence-electron chi connectivity index (χ1n) is 15.6. The van der Waals surface area contributed by atoms with Crippen molar-refractivity contribution in [1.29, 1.82) is 0 Å². The number of nitrogens with two attached hydrogens (primary N) is 1. The molecule has 2 aromatic heterocycles. The van der Waals surface area contributed by atoms with E-state index in [1.807, 2.05) is 68.4 Å². The van der Waals surface area contributed by atoms with Crippen LogP contribution in [0.2, 0.25) is 0 Å². The van der Waals surface area contributed by atoms with Crippen molar-refractivity contribution >= 4 is 33.3 Å². The van der Waals surface area contributed by atoms with Gasteiger partial charge in [-0.1, -0.05) is 65.8 Å². The molecule has 240 valence electrons. The summed E-state index contributed by atoms with van der Waals surface area (Å²) >= 11 is 1.56. The van der Waals surface area contributed by atoms with Crippen LogP contribution >= 0.6 is 11.3 Å². The number of carbonyl (C=O) groups is 1. The van der Waals surface area contributed by atoms with Gasteiger partial charge in [-0.2, -0.15) is 0 Å². The lowest BCUT2D eigenvalue weighted by atomic mass is 10.1. The van der Waals surface area contributed by atoms with Gasteiger partial charge in [0.1, 0.15) is 11.4 Å². The zero-order valence-electron chi connectivity index (χ0n) is 27.7. The molecule has 5 rings (SSSR count). The lowest BCUT2D eigenvalue weighted by Gasteiger charge is -2.35. The van der Waals surface area contributed by atoms with E-state index in [1.54, 1.807) is 34.6 Å². The van der Waals surface area contributed by atoms with Gasteiger partial charge in [0, 0.05) is 61.6 Å². The highest BCUT2D eigenvalue weighted by Gasteiger charge is 2.25. The molecule has 9 heteroatoms. The Morgan fingerprint density at radius 1 is 0.909 bits per heavy atom. The molecule has 0 unspecified atom stereocenters. The van der Waals surface area contributed by atoms with Gasteiger partial charge >= 0.3 is 6.09 Å². The van der Waals surface area contributed by atoms with Crippen LogP contribution in [0.5, 0.6) is 11.5 Å². The fourth-order valence-electron chi connectivity index (χ4n) is 4.30. The van der Waals surface area contributed by atoms with E-state index >= 15 is 0 Å². The van der Waals surface area contributed by atoms with Gasteiger partial charge in [-0.25, -0.2) is 9.18 Å². The van der Waals surface area contributed by atoms with Gasteiger partial charge in [0.25, 0.3) is 0 Å². The molecular formula is C35H49FN4O3S. The Hall–Kier alpha value is -3.69. The number of aromatic nitrogens is 1. The Labute approximate surface area is 266 Å². The summed E-state index contributed by atoms with van der Waals surface area (Å²) in [5, 5.41) is 0. The number of pyridine rings is 1. The number of carbonyl (C=O) groups excluding carboxylic acids is 1. The lowest BCUT2D eigenvalue weighted by molar-refractivity contribution is 0.0139. The van der Waals surface area contributed by atoms with Crippen molar-refractivity contribution in [2.75, 3.05) is 31.9 Å². The number of hydrogen-bond donors (Lipinski definition) is 1. The molecular weight excluding hydrogens is 575 g/mol. The predicted molar refractivity (Wildman–Crippen MR) is 183 cm³/mol. The average Bonchev–Trinajstić information content (AvgIpc) is 3.47. The van der Waals surface area contributed by atoms with Crippen molar-refractivity contribution in [2.24, 2.45) is 0 Å². The van der Waals surface area contributed by atoms with E-state index in [2.05, 4.69) is 34.1 Å². The van der Waals surface area contributed by atoms with Crippen molar-refractivity contribution < 1.29 is 18.7 Å². The molecule has 1 amide bonds. The Morgan fingerprint density at radius 2 is 1.55 bits per heavy atom. The summed E-state index contributed by atoms with van der Waals surface area (Å²) in [6.45, 7) is 21.4. The molecule has 44 heavy (non-hydrogen) atoms. The Morgan fingerprint density at radius 3 is 2.14 bits per heavy atom. The van der Waals surface area contributed by atoms with Gasteiger partial charge in [0.15, 0.2) is 11.6 Å². The molecule has 4 aromatic rings. The van der Waals surface area contributed by atoms with E-state index in [0.29, 0.717) is 24.5 Å². The highest BCUT2D eigenvalue weighted by Crippen LogP contribution is 2.39. The number of nitrogen functional groups attached to an aromatic ring is 1. The topological polar surface area (TPSA) is 80.9 Å². The van der Waals surface area contributed by atoms with Crippen molar-refractivity contribution in [3.8, 4) is 21.9 Å². The Balaban J connectivity index is 0.00000106. The van der Waals surface area contributed by atoms with Gasteiger partial charge in [-0.05, 0) is 50.1 Å². The van der Waals surface area contributed by atoms with Crippen molar-refractivity contribution in [2.45, 2.75) is 74.5 Å². The van der Waals surface area contributed by atoms with Gasteiger partial charge in [-0.15, -0.1) is 11.3 Å². The minimum absolute atomic E-state index is 0.123. The van der Waals surface area contributed by atoms with Crippen LogP contribution in [0.3, 0.4) is 0 Å². The van der Waals surface area contributed by atoms with Crippen molar-refractivity contribution in [1.82, 2.24) is 14.8 Å². The maximum Gasteiger partial charge on any atom is 0.410 e. The van der Waals surface area contributed by atoms with Crippen molar-refractivity contribution in [3.63, 3.8) is 0 Å². The zero-order chi connectivity index (χ0) is 32.9. The van der Waals surface area contributed by atoms with Crippen LogP contribution in [-0.4, -0.2) is 52.7 Å². The first-order chi connectivity index (χ1) is 21.1. The summed E-state index contributed by atoms with van der Waals surface area (Å²) < 4.78 is 26.5. The standard InChI is InChI=1S/C29H31FN4O3S.3C2H6/c1-29(2,3)37-28(35)34-14-12-33(13-15-34)18-19-4-6-20(7-5-19)26-17-23-27(38-26)25(10-11-32-23)36-24-9-8-21(31)16-22(24)30;3*1-2/h4-11,16-17H,12-15,18,31H2,1-3H3;3*1-2H3. The highest BCUT2D eigenvalue weighted by molar-refractivity contribution is 7.22. The summed E-state index contributed by atoms with van der Waals surface area (Å²) in [7, 11) is 0. The number of anilines is 1. The first-order valence-corrected chi connectivity index (χ1v) is 16.4. The molecule has 7 nitrogen and oxygen atoms in total. The number of ether oxygens (including phenoxy) is 2. The van der Waals surface area contributed by atoms with Crippen molar-refractivity contribution in [3.05, 3.63) is 72.2 Å². The first kappa shape index (κ1) is 36.5. The minimum atomic E-state index is -0.506. The quantitative estimate of drug-likeness (QED) is 0.223. The number of fused-ring (bicyclic) bond motifs is 1. The van der Waals surface area contributed by atoms with Crippen LogP contribution < -0.4 is 10.5 Å². The predicted octanol–water partition coefficient (Wildman–Crippen LogP) is 9.61. The largest absolute Gasteiger partial charge is 0.453 e. The number of halogens is 1. The maximum absolute atomic E-state index is 14.3. The highest BCUT2D eigenvalue weighted by atomic mass is 32.1. The van der Waals surface area contributed by atoms with Gasteiger partial charge < -0.3 is 20.1 Å². The zero-order valence-corrected chi connectivity index (χ0v) is 28.6. The van der Waals surface area contributed by atoms with E-state index in [0.717, 1.165) is 40.3 Å². The number of piperazine rings is 1. The van der Waals surface area contributed by atoms with E-state index < -0.39 is 11.4 Å². The molecule has 0 aliphatic carbocycles. The van der Waals surface area contributed by atoms with Crippen LogP contribution in [0, 0.1) is 5.82 Å². The third-order valence-corrected chi connectivity index (χ3v) is 7.41. The van der Waals surface area contributed by atoms with E-state index in [-0.39, 0.29) is 11.8 Å². The Kier molecular flexibility index (Phi) is 14.6. The summed E-state index contributed by atoms with van der Waals surface area (Å²) in [6, 6.07) is 16.6. The van der Waals surface area contributed by atoms with E-state index in [1.165, 1.54) is 17.7 Å². The molecule has 0 bridgehead atoms. The number of nitrogens with zero attached hydrogens (tertiary/aromatic N) is 3. The third-order valence-electron chi connectivity index (χ3n) is 6.22. The second-order valence-corrected chi connectivity index (χ2v) is 11.4. The maximum atomic E-state index is 14.3. The van der Waals surface area contributed by atoms with Crippen LogP contribution in [0.15, 0.2) is 60.8 Å². The van der Waals surface area contributed by atoms with Crippen LogP contribution in [0.4, 0.5) is 14.9 Å². The minimum Gasteiger partial charge on any atom is -0.453 e. The molecule has 1 aliphatic rings. The summed E-state index contributed by atoms with van der Waals surface area (Å²) in [5.41, 5.74) is 8.60. The second-order valence-electron chi connectivity index (χ2n) is 10.4. The number of benzene rings is 2. The normalized spacial score (nSPS) is 13.0. The van der Waals surface area contributed by atoms with E-state index in [4.69, 9.17) is 15.2 Å². The molecule has 0 radical (unpaired) electrons. The Bertz CT molecular complexity index is 1440. The number of hydrogen-bond acceptors (Lipinski definition) is 7. The SMILES string of the molecule is CC.CC.CC.CC(C)(C)OC(=O)N1CCN(Cc2ccc(-c3cc4nccc(Oc5ccc(N)cc5F)c4s3)cc2)CC1. The molecule has 0 spiro atoms. The van der Waals surface area contributed by atoms with Crippen LogP contribution in [0.25, 0.3) is 20.7 Å². The van der Waals surface area contributed by atoms with Crippen LogP contribution in [0.1, 0.15) is 67.9 Å². The summed E-state index contributed by atoms with van der Waals surface area (Å²) in [4.78, 5) is 22.0. The molecule has 0 atom stereocenters. The summed E-state index contributed by atoms with van der Waals surface area (Å²) in [5.74, 6) is 0.170. The lowest BCUT2D eigenvalue weighted by Crippen LogP contribution is -2.49. The monoisotopic (exact) mass is 624 g/mol. The van der Waals surface area contributed by atoms with Gasteiger partial charge in [0.2, 0.25) is 0 Å². The van der Waals surface area contributed by atoms with Crippen LogP contribution in [-0.2, 0) is 11.3 Å². The summed E-state index contributed by atoms with van der Waals surface area (Å²) in [6.07, 6.45) is 1.42. The number of amides is 1. The van der Waals surface area contributed by atoms with Gasteiger partial charge in [-0.3, -0.25) is 9.88 Å². The second kappa shape index (κ2) is 17.6. The molecule has 1 saturated heterocycles. The number of rotatable bonds is 5. The molecule has 2 aromatic carbocycles. The fraction of sp³-hybridized carbons (Fsp3) is 0.429. The molecule has 0 saturated carbocycles. The average molecular weight is 625 g/mol. The molecule has 1 aliphatic heterocycles. The molecule has 3 heterocycles. The molecule has 1 fully saturated rings. The molecule has 2 N–H and O–H groups in total. The van der Waals surface area contributed by atoms with E-state index in [9.17, 15) is 9.18 Å². The fourth-order valence-corrected chi connectivity index (χ4v) is 5.37. The number of thiophene rings is 1. The third kappa shape index (κ3) is 10.2.